The van der Waals surface area contributed by atoms with Gasteiger partial charge in [-0.25, -0.2) is 19.2 Å². The van der Waals surface area contributed by atoms with Crippen molar-refractivity contribution in [1.29, 1.82) is 0 Å². The fourth-order valence-corrected chi connectivity index (χ4v) is 14.3. The number of hydrogen-bond donors (Lipinski definition) is 12. The molecule has 19 atom stereocenters. The van der Waals surface area contributed by atoms with Crippen LogP contribution in [0.3, 0.4) is 0 Å². The molecule has 10 unspecified atom stereocenters. The lowest BCUT2D eigenvalue weighted by molar-refractivity contribution is -0.181. The van der Waals surface area contributed by atoms with E-state index in [1.165, 1.54) is 47.6 Å². The molecular weight excluding hydrogens is 1730 g/mol. The number of thioether (sulfide) groups is 1. The van der Waals surface area contributed by atoms with Crippen molar-refractivity contribution in [3.63, 3.8) is 0 Å². The van der Waals surface area contributed by atoms with Crippen molar-refractivity contribution in [3.8, 4) is 0 Å². The van der Waals surface area contributed by atoms with Crippen molar-refractivity contribution >= 4 is 77.4 Å². The molecule has 0 radical (unpaired) electrons. The summed E-state index contributed by atoms with van der Waals surface area (Å²) in [4.78, 5) is 148. The first-order valence-electron chi connectivity index (χ1n) is 44.8. The number of carboxylic acid groups (broad SMARTS) is 1. The number of aliphatic carboxylic acids is 1. The van der Waals surface area contributed by atoms with E-state index >= 15 is 0 Å². The molecule has 0 saturated carbocycles. The Morgan fingerprint density at radius 2 is 0.977 bits per heavy atom. The largest absolute Gasteiger partial charge is 0.481 e. The maximum Gasteiger partial charge on any atom is 0.407 e. The van der Waals surface area contributed by atoms with Crippen molar-refractivity contribution in [1.82, 2.24) is 51.5 Å². The van der Waals surface area contributed by atoms with Gasteiger partial charge >= 0.3 is 30.2 Å². The number of carbonyl (C=O) groups is 11. The van der Waals surface area contributed by atoms with Crippen LogP contribution in [-0.4, -0.2) is 382 Å². The molecule has 130 heavy (non-hydrogen) atoms. The maximum atomic E-state index is 14.5. The van der Waals surface area contributed by atoms with E-state index < -0.39 is 122 Å². The number of amides is 9. The number of nitrogens with zero attached hydrogens (tertiary/aromatic N) is 4. The van der Waals surface area contributed by atoms with Crippen LogP contribution >= 0.6 is 11.8 Å². The minimum Gasteiger partial charge on any atom is -0.481 e. The zero-order valence-electron chi connectivity index (χ0n) is 80.9. The van der Waals surface area contributed by atoms with Crippen LogP contribution in [0, 0.1) is 23.7 Å². The van der Waals surface area contributed by atoms with Gasteiger partial charge < -0.3 is 144 Å². The van der Waals surface area contributed by atoms with Gasteiger partial charge in [-0.1, -0.05) is 113 Å². The fraction of sp³-hybridized carbons (Fsp3) is 0.807. The number of aliphatic hydroxyl groups is 5. The molecule has 3 rings (SSSR count). The molecule has 2 aliphatic heterocycles. The second kappa shape index (κ2) is 71.1. The van der Waals surface area contributed by atoms with E-state index in [0.717, 1.165) is 5.75 Å². The SMILES string of the molecule is CCC(CO)OC(CO)OC.CCC(CO)OC(COC(=O)NCCC(=O)N1CCCC1C(=O)O[C@@H](c1ccccc1)[C@@H](C)NC(=O)[C@H](C)[C@@H](OC)[C@@H]1CCCN1C(=O)C[C@@H](OC)[C@H]([C@@H](C)CC)N(C)C(=O)C(NC(=O)[C@H](C(C)C)N(C)C)C(C)C)OC.CCC(CO)OC(COC(=O)NCCC(=O)NCCSC)OC.CCC(CO)OC(COC(=O)NCCC(=O)O)OC. The first-order valence-corrected chi connectivity index (χ1v) is 46.2. The number of esters is 1. The van der Waals surface area contributed by atoms with Crippen LogP contribution in [0.5, 0.6) is 0 Å². The van der Waals surface area contributed by atoms with Gasteiger partial charge in [0.25, 0.3) is 0 Å². The molecule has 0 aliphatic carbocycles. The minimum absolute atomic E-state index is 0.00952. The Labute approximate surface area is 773 Å². The summed E-state index contributed by atoms with van der Waals surface area (Å²) >= 11 is 1.65. The smallest absolute Gasteiger partial charge is 0.407 e. The van der Waals surface area contributed by atoms with E-state index in [1.54, 1.807) is 66.7 Å². The number of hydrogen-bond acceptors (Lipinski definition) is 32. The fourth-order valence-electron chi connectivity index (χ4n) is 14.0. The Morgan fingerprint density at radius 3 is 1.38 bits per heavy atom. The third kappa shape index (κ3) is 47.4. The monoisotopic (exact) mass is 1890 g/mol. The van der Waals surface area contributed by atoms with Crippen LogP contribution in [0.25, 0.3) is 0 Å². The molecular formula is C88H160N10O31S. The molecule has 2 saturated heterocycles. The number of nitrogens with one attached hydrogen (secondary N) is 6. The highest BCUT2D eigenvalue weighted by Gasteiger charge is 2.45. The molecule has 2 heterocycles. The topological polar surface area (TPSA) is 524 Å². The van der Waals surface area contributed by atoms with Crippen molar-refractivity contribution < 1.29 is 150 Å². The van der Waals surface area contributed by atoms with Crippen LogP contribution < -0.4 is 31.9 Å². The maximum absolute atomic E-state index is 14.5. The van der Waals surface area contributed by atoms with Crippen LogP contribution in [0.4, 0.5) is 14.4 Å². The number of methoxy groups -OCH3 is 6. The van der Waals surface area contributed by atoms with Gasteiger partial charge in [0.05, 0.1) is 113 Å². The first kappa shape index (κ1) is 122. The highest BCUT2D eigenvalue weighted by Crippen LogP contribution is 2.32. The number of benzene rings is 1. The molecule has 41 nitrogen and oxygen atoms in total. The molecule has 2 aliphatic rings. The van der Waals surface area contributed by atoms with Crippen LogP contribution in [0.2, 0.25) is 0 Å². The lowest BCUT2D eigenvalue weighted by Crippen LogP contribution is -2.59. The highest BCUT2D eigenvalue weighted by molar-refractivity contribution is 7.98. The average molecular weight is 1890 g/mol. The third-order valence-corrected chi connectivity index (χ3v) is 22.3. The number of carboxylic acids is 1. The molecule has 1 aromatic carbocycles. The van der Waals surface area contributed by atoms with Crippen LogP contribution in [0.15, 0.2) is 30.3 Å². The summed E-state index contributed by atoms with van der Waals surface area (Å²) < 4.78 is 74.6. The van der Waals surface area contributed by atoms with Crippen LogP contribution in [0.1, 0.15) is 178 Å². The molecule has 9 amide bonds. The number of rotatable bonds is 61. The zero-order chi connectivity index (χ0) is 98.5. The number of ether oxygens (including phenoxy) is 14. The summed E-state index contributed by atoms with van der Waals surface area (Å²) in [5.74, 6) is -3.41. The Balaban J connectivity index is 0.00000251. The Morgan fingerprint density at radius 1 is 0.515 bits per heavy atom. The predicted octanol–water partition coefficient (Wildman–Crippen LogP) is 4.32. The summed E-state index contributed by atoms with van der Waals surface area (Å²) in [5, 5.41) is 69.3. The summed E-state index contributed by atoms with van der Waals surface area (Å²) in [7, 11) is 14.1. The van der Waals surface area contributed by atoms with E-state index in [1.807, 2.05) is 101 Å². The van der Waals surface area contributed by atoms with Gasteiger partial charge in [0.2, 0.25) is 35.4 Å². The third-order valence-electron chi connectivity index (χ3n) is 21.7. The normalized spacial score (nSPS) is 17.6. The van der Waals surface area contributed by atoms with E-state index in [-0.39, 0.29) is 170 Å². The van der Waals surface area contributed by atoms with E-state index in [0.29, 0.717) is 83.0 Å². The Bertz CT molecular complexity index is 3260. The number of alkyl carbamates (subject to hydrolysis) is 3. The average Bonchev–Trinajstić information content (AvgIpc) is 1.41. The molecule has 42 heteroatoms. The van der Waals surface area contributed by atoms with Crippen molar-refractivity contribution in [2.75, 3.05) is 168 Å². The van der Waals surface area contributed by atoms with Gasteiger partial charge in [0.15, 0.2) is 25.2 Å². The first-order chi connectivity index (χ1) is 61.9. The van der Waals surface area contributed by atoms with Crippen molar-refractivity contribution in [3.05, 3.63) is 35.9 Å². The van der Waals surface area contributed by atoms with Gasteiger partial charge in [-0.3, -0.25) is 38.5 Å². The molecule has 12 N–H and O–H groups in total. The lowest BCUT2D eigenvalue weighted by Gasteiger charge is -2.41. The molecule has 0 spiro atoms. The number of aliphatic hydroxyl groups excluding tert-OH is 5. The zero-order valence-corrected chi connectivity index (χ0v) is 81.7. The second-order valence-corrected chi connectivity index (χ2v) is 33.1. The van der Waals surface area contributed by atoms with Gasteiger partial charge in [-0.05, 0) is 102 Å². The number of likely N-dealkylation sites (tertiary alicyclic amines) is 2. The summed E-state index contributed by atoms with van der Waals surface area (Å²) in [6.07, 6.45) is -1.88. The van der Waals surface area contributed by atoms with Crippen molar-refractivity contribution in [2.24, 2.45) is 23.7 Å². The quantitative estimate of drug-likeness (QED) is 0.0187. The van der Waals surface area contributed by atoms with Crippen LogP contribution in [-0.2, 0) is 105 Å². The molecule has 0 bridgehead atoms. The summed E-state index contributed by atoms with van der Waals surface area (Å²) in [6, 6.07) is 5.16. The van der Waals surface area contributed by atoms with Gasteiger partial charge in [-0.2, -0.15) is 11.8 Å². The predicted molar refractivity (Wildman–Crippen MR) is 483 cm³/mol. The Kier molecular flexibility index (Phi) is 67.0. The van der Waals surface area contributed by atoms with E-state index in [4.69, 9.17) is 91.8 Å². The molecule has 754 valence electrons. The van der Waals surface area contributed by atoms with Crippen molar-refractivity contribution in [2.45, 2.75) is 271 Å². The van der Waals surface area contributed by atoms with Gasteiger partial charge in [-0.15, -0.1) is 0 Å². The minimum atomic E-state index is -1.01. The number of carbonyl (C=O) groups excluding carboxylic acids is 10. The van der Waals surface area contributed by atoms with E-state index in [9.17, 15) is 57.8 Å². The molecule has 1 aromatic rings. The standard InChI is InChI=1S/C56H95N7O14.C14H28N2O6S.C11H21NO7.C7H16O4/c1-16-36(7)49(61(12)54(69)47(34(3)4)59-53(68)48(35(5)6)60(10)11)43(72-13)31-45(66)62-29-21-25-41(62)50(74-15)37(8)52(67)58-38(9)51(39-23-19-18-20-24-39)77-55(70)42-26-22-30-63(42)44(65)27-28-57-56(71)75-33-46(73-14)76-40(17-2)32-64;1-4-11(9-17)22-13(20-2)10-21-14(19)16-6-5-12(18)15-7-8-23-3;1-3-8(6-13)19-10(17-2)7-18-11(16)12-5-4-9(14)15;1-3-6(4-8)11-7(5-9)10-2/h18-20,23-24,34-38,40-43,46-51,64H,16-17,21-22,25-33H2,1-15H3,(H,57,71)(H,58,67)(H,59,68);11,13,17H,4-10H2,1-3H3,(H,15,18)(H,16,19);8,10,13H,3-7H2,1-2H3,(H,12,16)(H,14,15);6-9H,3-5H2,1-2H3/t36-,37+,38+,40?,41-,42?,43+,46?,47?,48-,49-,50+,51+;;;/m0.../s1. The van der Waals surface area contributed by atoms with E-state index in [2.05, 4.69) is 31.9 Å². The van der Waals surface area contributed by atoms with Gasteiger partial charge in [0.1, 0.15) is 38.0 Å². The Hall–Kier alpha value is -7.50. The number of likely N-dealkylation sites (N-methyl/N-ethyl adjacent to an activating group) is 2. The molecule has 2 fully saturated rings. The highest BCUT2D eigenvalue weighted by atomic mass is 32.2. The lowest BCUT2D eigenvalue weighted by atomic mass is 9.89. The summed E-state index contributed by atoms with van der Waals surface area (Å²) in [6.45, 7) is 23.0. The molecule has 0 aromatic heterocycles. The second-order valence-electron chi connectivity index (χ2n) is 32.1. The van der Waals surface area contributed by atoms with Gasteiger partial charge in [0, 0.05) is 108 Å². The summed E-state index contributed by atoms with van der Waals surface area (Å²) in [5.41, 5.74) is 0.628.